The van der Waals surface area contributed by atoms with E-state index in [4.69, 9.17) is 16.3 Å². The molecule has 1 saturated heterocycles. The number of halogens is 1. The maximum atomic E-state index is 10.5. The van der Waals surface area contributed by atoms with Crippen LogP contribution in [0.2, 0.25) is 5.02 Å². The lowest BCUT2D eigenvalue weighted by Gasteiger charge is -2.40. The minimum Gasteiger partial charge on any atom is -0.394 e. The highest BCUT2D eigenvalue weighted by molar-refractivity contribution is 6.31. The van der Waals surface area contributed by atoms with Gasteiger partial charge in [0.1, 0.15) is 30.5 Å². The molecule has 2 aromatic carbocycles. The third-order valence-corrected chi connectivity index (χ3v) is 5.81. The van der Waals surface area contributed by atoms with Gasteiger partial charge in [-0.25, -0.2) is 0 Å². The van der Waals surface area contributed by atoms with Crippen LogP contribution in [0.3, 0.4) is 0 Å². The van der Waals surface area contributed by atoms with Gasteiger partial charge in [-0.3, -0.25) is 0 Å². The molecule has 1 aliphatic rings. The maximum Gasteiger partial charge on any atom is 0.113 e. The van der Waals surface area contributed by atoms with Gasteiger partial charge >= 0.3 is 0 Å². The molecule has 5 unspecified atom stereocenters. The fourth-order valence-corrected chi connectivity index (χ4v) is 3.94. The van der Waals surface area contributed by atoms with Gasteiger partial charge in [-0.15, -0.1) is 0 Å². The average Bonchev–Trinajstić information content (AvgIpc) is 2.69. The van der Waals surface area contributed by atoms with Gasteiger partial charge in [-0.1, -0.05) is 48.9 Å². The highest BCUT2D eigenvalue weighted by Crippen LogP contribution is 2.36. The Labute approximate surface area is 170 Å². The van der Waals surface area contributed by atoms with E-state index >= 15 is 0 Å². The van der Waals surface area contributed by atoms with Crippen LogP contribution in [-0.2, 0) is 17.6 Å². The van der Waals surface area contributed by atoms with Gasteiger partial charge in [0.25, 0.3) is 0 Å². The first kappa shape index (κ1) is 21.2. The monoisotopic (exact) mass is 406 g/mol. The molecule has 1 aliphatic heterocycles. The zero-order valence-electron chi connectivity index (χ0n) is 16.0. The number of ether oxygens (including phenoxy) is 1. The van der Waals surface area contributed by atoms with E-state index in [2.05, 4.69) is 31.2 Å². The van der Waals surface area contributed by atoms with Crippen molar-refractivity contribution in [2.45, 2.75) is 57.2 Å². The summed E-state index contributed by atoms with van der Waals surface area (Å²) in [5.74, 6) is 0. The number of aryl methyl sites for hydroxylation is 2. The molecule has 0 bridgehead atoms. The van der Waals surface area contributed by atoms with E-state index in [1.54, 1.807) is 0 Å². The van der Waals surface area contributed by atoms with Crippen LogP contribution in [0.4, 0.5) is 0 Å². The Balaban J connectivity index is 1.92. The Morgan fingerprint density at radius 2 is 1.61 bits per heavy atom. The van der Waals surface area contributed by atoms with Gasteiger partial charge < -0.3 is 25.2 Å². The van der Waals surface area contributed by atoms with Crippen molar-refractivity contribution in [3.63, 3.8) is 0 Å². The van der Waals surface area contributed by atoms with Crippen LogP contribution in [0, 0.1) is 6.92 Å². The van der Waals surface area contributed by atoms with Crippen molar-refractivity contribution in [1.29, 1.82) is 0 Å². The molecule has 0 spiro atoms. The molecule has 6 heteroatoms. The number of aliphatic hydroxyl groups excluding tert-OH is 4. The Bertz CT molecular complexity index is 805. The number of hydrogen-bond donors (Lipinski definition) is 4. The summed E-state index contributed by atoms with van der Waals surface area (Å²) in [4.78, 5) is 0. The molecular formula is C22H27ClO5. The molecule has 0 amide bonds. The van der Waals surface area contributed by atoms with Crippen molar-refractivity contribution in [3.05, 3.63) is 69.2 Å². The Morgan fingerprint density at radius 3 is 2.21 bits per heavy atom. The topological polar surface area (TPSA) is 90.2 Å². The zero-order valence-corrected chi connectivity index (χ0v) is 16.8. The highest BCUT2D eigenvalue weighted by atomic mass is 35.5. The van der Waals surface area contributed by atoms with E-state index in [-0.39, 0.29) is 0 Å². The molecule has 0 aliphatic carbocycles. The van der Waals surface area contributed by atoms with Crippen LogP contribution >= 0.6 is 11.6 Å². The summed E-state index contributed by atoms with van der Waals surface area (Å²) in [6, 6.07) is 12.0. The van der Waals surface area contributed by atoms with Crippen molar-refractivity contribution in [3.8, 4) is 0 Å². The van der Waals surface area contributed by atoms with Gasteiger partial charge in [0.15, 0.2) is 0 Å². The highest BCUT2D eigenvalue weighted by Gasteiger charge is 2.44. The van der Waals surface area contributed by atoms with Crippen molar-refractivity contribution < 1.29 is 25.2 Å². The lowest BCUT2D eigenvalue weighted by atomic mass is 9.88. The lowest BCUT2D eigenvalue weighted by Crippen LogP contribution is -2.55. The van der Waals surface area contributed by atoms with Crippen LogP contribution < -0.4 is 0 Å². The number of benzene rings is 2. The van der Waals surface area contributed by atoms with E-state index in [0.717, 1.165) is 23.1 Å². The first-order chi connectivity index (χ1) is 13.3. The largest absolute Gasteiger partial charge is 0.394 e. The fourth-order valence-electron chi connectivity index (χ4n) is 3.65. The number of hydrogen-bond acceptors (Lipinski definition) is 5. The predicted octanol–water partition coefficient (Wildman–Crippen LogP) is 2.32. The first-order valence-electron chi connectivity index (χ1n) is 9.53. The minimum absolute atomic E-state index is 0.454. The smallest absolute Gasteiger partial charge is 0.113 e. The van der Waals surface area contributed by atoms with Gasteiger partial charge in [0, 0.05) is 5.02 Å². The molecule has 152 valence electrons. The molecule has 5 atom stereocenters. The van der Waals surface area contributed by atoms with E-state index in [9.17, 15) is 20.4 Å². The second kappa shape index (κ2) is 8.91. The summed E-state index contributed by atoms with van der Waals surface area (Å²) in [7, 11) is 0. The quantitative estimate of drug-likeness (QED) is 0.611. The van der Waals surface area contributed by atoms with Crippen LogP contribution in [0.5, 0.6) is 0 Å². The second-order valence-corrected chi connectivity index (χ2v) is 7.80. The van der Waals surface area contributed by atoms with Crippen molar-refractivity contribution in [2.24, 2.45) is 0 Å². The summed E-state index contributed by atoms with van der Waals surface area (Å²) in [6.45, 7) is 3.51. The molecule has 0 radical (unpaired) electrons. The Kier molecular flexibility index (Phi) is 6.76. The molecular weight excluding hydrogens is 380 g/mol. The molecule has 28 heavy (non-hydrogen) atoms. The molecule has 3 rings (SSSR count). The molecule has 0 aromatic heterocycles. The van der Waals surface area contributed by atoms with Crippen LogP contribution in [0.1, 0.15) is 40.8 Å². The summed E-state index contributed by atoms with van der Waals surface area (Å²) >= 11 is 6.46. The average molecular weight is 407 g/mol. The first-order valence-corrected chi connectivity index (χ1v) is 9.90. The summed E-state index contributed by atoms with van der Waals surface area (Å²) in [6.07, 6.45) is -4.30. The minimum atomic E-state index is -1.41. The number of rotatable bonds is 5. The van der Waals surface area contributed by atoms with E-state index in [1.807, 2.05) is 19.1 Å². The molecule has 2 aromatic rings. The maximum absolute atomic E-state index is 10.5. The SMILES string of the molecule is CCc1ccc(Cc2cc(C3OC(CO)C(O)C(O)C3O)c(C)cc2Cl)cc1. The zero-order chi connectivity index (χ0) is 20.4. The lowest BCUT2D eigenvalue weighted by molar-refractivity contribution is -0.231. The summed E-state index contributed by atoms with van der Waals surface area (Å²) < 4.78 is 5.72. The van der Waals surface area contributed by atoms with Crippen molar-refractivity contribution in [2.75, 3.05) is 6.61 Å². The molecule has 0 saturated carbocycles. The fraction of sp³-hybridized carbons (Fsp3) is 0.455. The second-order valence-electron chi connectivity index (χ2n) is 7.40. The van der Waals surface area contributed by atoms with Gasteiger partial charge in [0.2, 0.25) is 0 Å². The van der Waals surface area contributed by atoms with E-state index < -0.39 is 37.1 Å². The molecule has 4 N–H and O–H groups in total. The van der Waals surface area contributed by atoms with Gasteiger partial charge in [0.05, 0.1) is 6.61 Å². The third kappa shape index (κ3) is 4.25. The molecule has 1 heterocycles. The molecule has 1 fully saturated rings. The standard InChI is InChI=1S/C22H27ClO5/c1-3-13-4-6-14(7-5-13)9-15-10-16(12(2)8-17(15)23)22-21(27)20(26)19(25)18(11-24)28-22/h4-8,10,18-22,24-27H,3,9,11H2,1-2H3. The van der Waals surface area contributed by atoms with Crippen LogP contribution in [-0.4, -0.2) is 51.4 Å². The van der Waals surface area contributed by atoms with Crippen molar-refractivity contribution >= 4 is 11.6 Å². The Morgan fingerprint density at radius 1 is 0.964 bits per heavy atom. The normalized spacial score (nSPS) is 27.8. The van der Waals surface area contributed by atoms with Crippen molar-refractivity contribution in [1.82, 2.24) is 0 Å². The molecule has 5 nitrogen and oxygen atoms in total. The van der Waals surface area contributed by atoms with Crippen LogP contribution in [0.25, 0.3) is 0 Å². The van der Waals surface area contributed by atoms with Gasteiger partial charge in [-0.05, 0) is 53.6 Å². The third-order valence-electron chi connectivity index (χ3n) is 5.46. The summed E-state index contributed by atoms with van der Waals surface area (Å²) in [5.41, 5.74) is 4.74. The van der Waals surface area contributed by atoms with E-state index in [0.29, 0.717) is 17.0 Å². The predicted molar refractivity (Wildman–Crippen MR) is 108 cm³/mol. The Hall–Kier alpha value is -1.47. The van der Waals surface area contributed by atoms with E-state index in [1.165, 1.54) is 5.56 Å². The van der Waals surface area contributed by atoms with Crippen LogP contribution in [0.15, 0.2) is 36.4 Å². The number of aliphatic hydroxyl groups is 4. The van der Waals surface area contributed by atoms with Gasteiger partial charge in [-0.2, -0.15) is 0 Å². The summed E-state index contributed by atoms with van der Waals surface area (Å²) in [5, 5.41) is 40.6.